The van der Waals surface area contributed by atoms with Crippen LogP contribution in [0.1, 0.15) is 48.0 Å². The Morgan fingerprint density at radius 2 is 1.96 bits per heavy atom. The van der Waals surface area contributed by atoms with E-state index in [2.05, 4.69) is 0 Å². The van der Waals surface area contributed by atoms with E-state index in [1.54, 1.807) is 4.90 Å². The highest BCUT2D eigenvalue weighted by Crippen LogP contribution is 2.49. The molecule has 2 heterocycles. The molecule has 1 amide bonds. The van der Waals surface area contributed by atoms with E-state index in [-0.39, 0.29) is 12.6 Å². The van der Waals surface area contributed by atoms with E-state index in [1.807, 2.05) is 41.5 Å². The number of hydrogen-bond donors (Lipinski definition) is 2. The number of carbonyl (C=O) groups is 1. The molecule has 134 valence electrons. The molecule has 7 heteroatoms. The molecule has 0 aliphatic carbocycles. The van der Waals surface area contributed by atoms with Crippen molar-refractivity contribution in [2.24, 2.45) is 5.73 Å². The predicted octanol–water partition coefficient (Wildman–Crippen LogP) is 1.23. The smallest absolute Gasteiger partial charge is 0.411 e. The summed E-state index contributed by atoms with van der Waals surface area (Å²) < 4.78 is 17.6. The van der Waals surface area contributed by atoms with E-state index in [4.69, 9.17) is 19.9 Å². The molecule has 23 heavy (non-hydrogen) atoms. The third kappa shape index (κ3) is 3.33. The van der Waals surface area contributed by atoms with Gasteiger partial charge in [0.25, 0.3) is 0 Å². The van der Waals surface area contributed by atoms with E-state index in [1.165, 1.54) is 0 Å². The van der Waals surface area contributed by atoms with Crippen molar-refractivity contribution in [3.8, 4) is 0 Å². The molecular weight excluding hydrogens is 300 g/mol. The zero-order chi connectivity index (χ0) is 17.6. The predicted molar refractivity (Wildman–Crippen MR) is 84.8 cm³/mol. The molecule has 4 atom stereocenters. The van der Waals surface area contributed by atoms with Gasteiger partial charge in [-0.2, -0.15) is 0 Å². The fourth-order valence-electron chi connectivity index (χ4n) is 3.75. The highest BCUT2D eigenvalue weighted by Gasteiger charge is 2.66. The summed E-state index contributed by atoms with van der Waals surface area (Å²) in [7, 11) is 0. The summed E-state index contributed by atoms with van der Waals surface area (Å²) in [6.45, 7) is 11.2. The van der Waals surface area contributed by atoms with Crippen LogP contribution in [0.3, 0.4) is 0 Å². The molecule has 0 radical (unpaired) electrons. The number of amides is 1. The van der Waals surface area contributed by atoms with Crippen LogP contribution in [0.25, 0.3) is 0 Å². The third-order valence-electron chi connectivity index (χ3n) is 4.38. The van der Waals surface area contributed by atoms with Crippen molar-refractivity contribution < 1.29 is 24.1 Å². The van der Waals surface area contributed by atoms with Crippen molar-refractivity contribution in [1.29, 1.82) is 0 Å². The topological polar surface area (TPSA) is 94.2 Å². The lowest BCUT2D eigenvalue weighted by atomic mass is 9.91. The lowest BCUT2D eigenvalue weighted by molar-refractivity contribution is -0.183. The van der Waals surface area contributed by atoms with Crippen LogP contribution in [0.5, 0.6) is 0 Å². The van der Waals surface area contributed by atoms with E-state index in [9.17, 15) is 9.90 Å². The average molecular weight is 330 g/mol. The molecule has 0 saturated carbocycles. The van der Waals surface area contributed by atoms with Crippen LogP contribution >= 0.6 is 0 Å². The van der Waals surface area contributed by atoms with Crippen molar-refractivity contribution in [3.05, 3.63) is 0 Å². The largest absolute Gasteiger partial charge is 0.444 e. The molecule has 3 N–H and O–H groups in total. The summed E-state index contributed by atoms with van der Waals surface area (Å²) in [5, 5.41) is 9.89. The van der Waals surface area contributed by atoms with Crippen molar-refractivity contribution in [2.75, 3.05) is 13.2 Å². The number of aliphatic hydroxyl groups excluding tert-OH is 1. The molecule has 2 fully saturated rings. The Morgan fingerprint density at radius 1 is 1.35 bits per heavy atom. The molecule has 0 unspecified atom stereocenters. The first kappa shape index (κ1) is 18.4. The molecule has 2 aliphatic rings. The van der Waals surface area contributed by atoms with Gasteiger partial charge in [0.2, 0.25) is 0 Å². The molecule has 0 aromatic heterocycles. The number of nitrogens with two attached hydrogens (primary N) is 1. The van der Waals surface area contributed by atoms with Gasteiger partial charge in [-0.3, -0.25) is 4.90 Å². The second-order valence-electron chi connectivity index (χ2n) is 7.95. The minimum absolute atomic E-state index is 0.222. The van der Waals surface area contributed by atoms with Gasteiger partial charge in [0.05, 0.1) is 18.7 Å². The lowest BCUT2D eigenvalue weighted by Gasteiger charge is -2.37. The van der Waals surface area contributed by atoms with Crippen LogP contribution < -0.4 is 5.73 Å². The number of carbonyl (C=O) groups excluding carboxylic acids is 1. The van der Waals surface area contributed by atoms with Crippen molar-refractivity contribution in [3.63, 3.8) is 0 Å². The van der Waals surface area contributed by atoms with Crippen LogP contribution in [0.15, 0.2) is 0 Å². The molecule has 0 aromatic rings. The molecular formula is C16H30N2O5. The van der Waals surface area contributed by atoms with Gasteiger partial charge in [-0.1, -0.05) is 0 Å². The van der Waals surface area contributed by atoms with Crippen LogP contribution in [0, 0.1) is 0 Å². The van der Waals surface area contributed by atoms with E-state index in [0.29, 0.717) is 13.0 Å². The summed E-state index contributed by atoms with van der Waals surface area (Å²) in [6, 6.07) is -0.834. The number of aliphatic hydroxyl groups is 1. The van der Waals surface area contributed by atoms with Crippen LogP contribution in [0.4, 0.5) is 4.79 Å². The molecule has 2 saturated heterocycles. The monoisotopic (exact) mass is 330 g/mol. The summed E-state index contributed by atoms with van der Waals surface area (Å²) in [6.07, 6.45) is -0.357. The molecule has 0 aromatic carbocycles. The summed E-state index contributed by atoms with van der Waals surface area (Å²) in [5.74, 6) is -0.764. The molecule has 2 rings (SSSR count). The van der Waals surface area contributed by atoms with Gasteiger partial charge in [0.15, 0.2) is 5.79 Å². The highest BCUT2D eigenvalue weighted by molar-refractivity contribution is 5.70. The second kappa shape index (κ2) is 5.88. The number of ether oxygens (including phenoxy) is 3. The number of nitrogens with zero attached hydrogens (tertiary/aromatic N) is 1. The summed E-state index contributed by atoms with van der Waals surface area (Å²) >= 11 is 0. The maximum atomic E-state index is 12.7. The van der Waals surface area contributed by atoms with Crippen molar-refractivity contribution >= 4 is 6.09 Å². The summed E-state index contributed by atoms with van der Waals surface area (Å²) in [4.78, 5) is 14.2. The SMILES string of the molecule is CC(C)(C)OC(=O)N1[C@H](CO)[C@H]2OC(C)(C)O[C@@]2(C)[C@@H]1CCN. The Kier molecular flexibility index (Phi) is 4.71. The Bertz CT molecular complexity index is 462. The Hall–Kier alpha value is -0.890. The number of hydrogen-bond acceptors (Lipinski definition) is 6. The first-order chi connectivity index (χ1) is 10.4. The third-order valence-corrected chi connectivity index (χ3v) is 4.38. The van der Waals surface area contributed by atoms with Gasteiger partial charge in [-0.05, 0) is 54.5 Å². The van der Waals surface area contributed by atoms with Crippen LogP contribution in [-0.4, -0.2) is 64.4 Å². The standard InChI is InChI=1S/C16H30N2O5/c1-14(2,3)22-13(20)18-10(9-19)12-16(6,11(18)7-8-17)23-15(4,5)21-12/h10-12,19H,7-9,17H2,1-6H3/t10-,11+,12-,16+/m1/s1. The van der Waals surface area contributed by atoms with Crippen LogP contribution in [-0.2, 0) is 14.2 Å². The first-order valence-electron chi connectivity index (χ1n) is 8.15. The zero-order valence-electron chi connectivity index (χ0n) is 15.0. The van der Waals surface area contributed by atoms with Gasteiger partial charge in [0.1, 0.15) is 17.3 Å². The average Bonchev–Trinajstić information content (AvgIpc) is 2.73. The van der Waals surface area contributed by atoms with Gasteiger partial charge < -0.3 is 25.1 Å². The molecule has 7 nitrogen and oxygen atoms in total. The Morgan fingerprint density at radius 3 is 2.43 bits per heavy atom. The van der Waals surface area contributed by atoms with Gasteiger partial charge >= 0.3 is 6.09 Å². The van der Waals surface area contributed by atoms with E-state index >= 15 is 0 Å². The van der Waals surface area contributed by atoms with Gasteiger partial charge in [0, 0.05) is 0 Å². The molecule has 0 bridgehead atoms. The zero-order valence-corrected chi connectivity index (χ0v) is 15.0. The maximum absolute atomic E-state index is 12.7. The normalized spacial score (nSPS) is 36.2. The van der Waals surface area contributed by atoms with Gasteiger partial charge in [-0.15, -0.1) is 0 Å². The minimum atomic E-state index is -0.764. The Balaban J connectivity index is 2.36. The molecule has 0 spiro atoms. The van der Waals surface area contributed by atoms with Crippen molar-refractivity contribution in [2.45, 2.75) is 83.1 Å². The summed E-state index contributed by atoms with van der Waals surface area (Å²) in [5.41, 5.74) is 4.41. The number of likely N-dealkylation sites (tertiary alicyclic amines) is 1. The fraction of sp³-hybridized carbons (Fsp3) is 0.938. The highest BCUT2D eigenvalue weighted by atomic mass is 16.8. The lowest BCUT2D eigenvalue weighted by Crippen LogP contribution is -2.52. The number of fused-ring (bicyclic) bond motifs is 1. The van der Waals surface area contributed by atoms with Crippen LogP contribution in [0.2, 0.25) is 0 Å². The Labute approximate surface area is 138 Å². The minimum Gasteiger partial charge on any atom is -0.444 e. The van der Waals surface area contributed by atoms with Gasteiger partial charge in [-0.25, -0.2) is 4.79 Å². The fourth-order valence-corrected chi connectivity index (χ4v) is 3.75. The van der Waals surface area contributed by atoms with E-state index in [0.717, 1.165) is 0 Å². The number of rotatable bonds is 3. The van der Waals surface area contributed by atoms with Crippen molar-refractivity contribution in [1.82, 2.24) is 4.90 Å². The first-order valence-corrected chi connectivity index (χ1v) is 8.15. The quantitative estimate of drug-likeness (QED) is 0.808. The second-order valence-corrected chi connectivity index (χ2v) is 7.95. The maximum Gasteiger partial charge on any atom is 0.411 e. The van der Waals surface area contributed by atoms with E-state index < -0.39 is 35.2 Å². The molecule has 2 aliphatic heterocycles.